The van der Waals surface area contributed by atoms with E-state index in [0.29, 0.717) is 0 Å². The first kappa shape index (κ1) is 31.1. The number of benzene rings is 9. The minimum atomic E-state index is 1.29. The average Bonchev–Trinajstić information content (AvgIpc) is 3.71. The van der Waals surface area contributed by atoms with Crippen molar-refractivity contribution in [3.8, 4) is 89.0 Å². The van der Waals surface area contributed by atoms with Crippen LogP contribution in [0.1, 0.15) is 22.3 Å². The van der Waals surface area contributed by atoms with Crippen LogP contribution in [0.15, 0.2) is 158 Å². The molecule has 0 aromatic heterocycles. The van der Waals surface area contributed by atoms with Crippen LogP contribution in [0.4, 0.5) is 0 Å². The number of hydrogen-bond acceptors (Lipinski definition) is 0. The molecule has 0 fully saturated rings. The summed E-state index contributed by atoms with van der Waals surface area (Å²) in [6.45, 7) is 9.00. The second-order valence-corrected chi connectivity index (χ2v) is 15.3. The van der Waals surface area contributed by atoms with Gasteiger partial charge >= 0.3 is 0 Å². The van der Waals surface area contributed by atoms with Crippen molar-refractivity contribution in [3.05, 3.63) is 180 Å². The van der Waals surface area contributed by atoms with E-state index in [1.165, 1.54) is 133 Å². The zero-order valence-electron chi connectivity index (χ0n) is 31.0. The Morgan fingerprint density at radius 2 is 0.481 bits per heavy atom. The maximum Gasteiger partial charge on any atom is -0.000730 e. The summed E-state index contributed by atoms with van der Waals surface area (Å²) < 4.78 is 0. The molecule has 0 aliphatic heterocycles. The molecule has 0 N–H and O–H groups in total. The number of aryl methyl sites for hydroxylation is 4. The Labute approximate surface area is 317 Å². The van der Waals surface area contributed by atoms with Crippen LogP contribution < -0.4 is 0 Å². The van der Waals surface area contributed by atoms with Gasteiger partial charge in [0, 0.05) is 0 Å². The Hall–Kier alpha value is -6.50. The molecule has 2 aliphatic rings. The third-order valence-electron chi connectivity index (χ3n) is 12.4. The lowest BCUT2D eigenvalue weighted by Gasteiger charge is -2.22. The predicted octanol–water partition coefficient (Wildman–Crippen LogP) is 15.2. The molecule has 54 heavy (non-hydrogen) atoms. The van der Waals surface area contributed by atoms with Gasteiger partial charge in [0.1, 0.15) is 0 Å². The molecule has 9 aromatic carbocycles. The third kappa shape index (κ3) is 4.14. The van der Waals surface area contributed by atoms with E-state index in [1.54, 1.807) is 0 Å². The van der Waals surface area contributed by atoms with Crippen LogP contribution in [-0.2, 0) is 0 Å². The molecule has 2 aliphatic carbocycles. The van der Waals surface area contributed by atoms with Crippen LogP contribution in [0.2, 0.25) is 0 Å². The van der Waals surface area contributed by atoms with Gasteiger partial charge in [0.2, 0.25) is 0 Å². The highest BCUT2D eigenvalue weighted by atomic mass is 14.4. The van der Waals surface area contributed by atoms with Gasteiger partial charge in [-0.2, -0.15) is 0 Å². The molecule has 0 nitrogen and oxygen atoms in total. The van der Waals surface area contributed by atoms with E-state index in [1.807, 2.05) is 0 Å². The van der Waals surface area contributed by atoms with E-state index < -0.39 is 0 Å². The van der Waals surface area contributed by atoms with Crippen LogP contribution in [0.3, 0.4) is 0 Å². The van der Waals surface area contributed by atoms with Crippen molar-refractivity contribution in [1.82, 2.24) is 0 Å². The van der Waals surface area contributed by atoms with Crippen molar-refractivity contribution in [2.24, 2.45) is 0 Å². The molecule has 0 bridgehead atoms. The summed E-state index contributed by atoms with van der Waals surface area (Å²) >= 11 is 0. The smallest absolute Gasteiger partial charge is 0.000730 e. The minimum absolute atomic E-state index is 1.29. The summed E-state index contributed by atoms with van der Waals surface area (Å²) in [5.41, 5.74) is 26.4. The Bertz CT molecular complexity index is 2880. The van der Waals surface area contributed by atoms with Crippen molar-refractivity contribution in [3.63, 3.8) is 0 Å². The van der Waals surface area contributed by atoms with E-state index in [0.717, 1.165) is 0 Å². The maximum atomic E-state index is 2.45. The van der Waals surface area contributed by atoms with Crippen molar-refractivity contribution in [2.75, 3.05) is 0 Å². The molecule has 0 amide bonds. The standard InChI is InChI=1S/C54H38/c1-31-15-5-9-19-35(31)41-25-26-42(36-20-10-6-16-32(36)2)50-44-28-30-46-52-45(29-27-43(49(41)50)51(44)52)53-47(37-21-11-7-17-33(37)3)39-23-13-14-24-40(39)48(54(46)53)38-22-12-8-18-34(38)4/h5-30H,1-4H3. The zero-order valence-corrected chi connectivity index (χ0v) is 31.0. The Morgan fingerprint density at radius 1 is 0.204 bits per heavy atom. The average molecular weight is 687 g/mol. The number of hydrogen-bond donors (Lipinski definition) is 0. The highest BCUT2D eigenvalue weighted by Crippen LogP contribution is 2.63. The quantitative estimate of drug-likeness (QED) is 0.173. The summed E-state index contributed by atoms with van der Waals surface area (Å²) in [5.74, 6) is 0. The van der Waals surface area contributed by atoms with Gasteiger partial charge in [-0.3, -0.25) is 0 Å². The van der Waals surface area contributed by atoms with Crippen LogP contribution in [0.25, 0.3) is 111 Å². The summed E-state index contributed by atoms with van der Waals surface area (Å²) in [4.78, 5) is 0. The fourth-order valence-corrected chi connectivity index (χ4v) is 9.93. The fourth-order valence-electron chi connectivity index (χ4n) is 9.93. The lowest BCUT2D eigenvalue weighted by Crippen LogP contribution is -1.96. The van der Waals surface area contributed by atoms with Gasteiger partial charge in [-0.15, -0.1) is 0 Å². The molecule has 0 saturated carbocycles. The first-order valence-electron chi connectivity index (χ1n) is 19.1. The van der Waals surface area contributed by atoms with Gasteiger partial charge < -0.3 is 0 Å². The van der Waals surface area contributed by atoms with Gasteiger partial charge in [-0.25, -0.2) is 0 Å². The topological polar surface area (TPSA) is 0 Å². The van der Waals surface area contributed by atoms with Crippen molar-refractivity contribution >= 4 is 21.5 Å². The molecule has 0 atom stereocenters. The van der Waals surface area contributed by atoms with Gasteiger partial charge in [-0.1, -0.05) is 158 Å². The van der Waals surface area contributed by atoms with Crippen LogP contribution >= 0.6 is 0 Å². The summed E-state index contributed by atoms with van der Waals surface area (Å²) in [6, 6.07) is 59.3. The van der Waals surface area contributed by atoms with Gasteiger partial charge in [0.05, 0.1) is 0 Å². The van der Waals surface area contributed by atoms with E-state index in [2.05, 4.69) is 185 Å². The molecule has 0 heterocycles. The first-order valence-corrected chi connectivity index (χ1v) is 19.1. The molecule has 0 spiro atoms. The number of fused-ring (bicyclic) bond motifs is 7. The highest BCUT2D eigenvalue weighted by molar-refractivity contribution is 6.33. The summed E-state index contributed by atoms with van der Waals surface area (Å²) in [7, 11) is 0. The van der Waals surface area contributed by atoms with Gasteiger partial charge in [-0.05, 0) is 161 Å². The molecule has 0 saturated heterocycles. The highest BCUT2D eigenvalue weighted by Gasteiger charge is 2.36. The normalized spacial score (nSPS) is 12.1. The van der Waals surface area contributed by atoms with Crippen LogP contribution in [0.5, 0.6) is 0 Å². The van der Waals surface area contributed by atoms with Crippen molar-refractivity contribution in [1.29, 1.82) is 0 Å². The SMILES string of the molecule is Cc1ccccc1-c1ccc(-c2ccccc2C)c2c1-c1ccc3c4c(ccc-2c14)-c1c-3c(-c2ccccc2C)c2ccccc2c1-c1ccccc1C. The monoisotopic (exact) mass is 686 g/mol. The molecular formula is C54H38. The van der Waals surface area contributed by atoms with E-state index >= 15 is 0 Å². The first-order chi connectivity index (χ1) is 26.5. The summed E-state index contributed by atoms with van der Waals surface area (Å²) in [6.07, 6.45) is 0. The van der Waals surface area contributed by atoms with Gasteiger partial charge in [0.15, 0.2) is 0 Å². The van der Waals surface area contributed by atoms with Gasteiger partial charge in [0.25, 0.3) is 0 Å². The van der Waals surface area contributed by atoms with Crippen LogP contribution in [-0.4, -0.2) is 0 Å². The predicted molar refractivity (Wildman–Crippen MR) is 231 cm³/mol. The molecular weight excluding hydrogens is 649 g/mol. The fraction of sp³-hybridized carbons (Fsp3) is 0.0741. The largest absolute Gasteiger partial charge is 0.0620 e. The third-order valence-corrected chi connectivity index (χ3v) is 12.4. The van der Waals surface area contributed by atoms with E-state index in [9.17, 15) is 0 Å². The van der Waals surface area contributed by atoms with E-state index in [-0.39, 0.29) is 0 Å². The van der Waals surface area contributed by atoms with Crippen LogP contribution in [0, 0.1) is 27.7 Å². The molecule has 9 aromatic rings. The van der Waals surface area contributed by atoms with Crippen molar-refractivity contribution in [2.45, 2.75) is 27.7 Å². The van der Waals surface area contributed by atoms with E-state index in [4.69, 9.17) is 0 Å². The molecule has 0 heteroatoms. The lowest BCUT2D eigenvalue weighted by atomic mass is 9.81. The molecule has 254 valence electrons. The lowest BCUT2D eigenvalue weighted by molar-refractivity contribution is 1.44. The number of rotatable bonds is 4. The molecule has 11 rings (SSSR count). The minimum Gasteiger partial charge on any atom is -0.0620 e. The molecule has 0 radical (unpaired) electrons. The second kappa shape index (κ2) is 11.5. The zero-order chi connectivity index (χ0) is 36.2. The Kier molecular flexibility index (Phi) is 6.61. The Balaban J connectivity index is 1.32. The second-order valence-electron chi connectivity index (χ2n) is 15.3. The summed E-state index contributed by atoms with van der Waals surface area (Å²) in [5, 5.41) is 5.36. The molecule has 0 unspecified atom stereocenters. The van der Waals surface area contributed by atoms with Crippen molar-refractivity contribution < 1.29 is 0 Å². The Morgan fingerprint density at radius 3 is 0.833 bits per heavy atom. The maximum absolute atomic E-state index is 2.45.